The van der Waals surface area contributed by atoms with E-state index >= 15 is 0 Å². The minimum Gasteiger partial charge on any atom is -0.444 e. The molecule has 1 amide bonds. The van der Waals surface area contributed by atoms with Crippen LogP contribution >= 0.6 is 0 Å². The zero-order chi connectivity index (χ0) is 30.6. The number of pyridine rings is 2. The SMILES string of the molecule is Cc1ccnc(C(C)C)c1-n1c(=O)nc(N2CCN(C(=O)OC(C)(C)C)C[C@@H]2C)c2cc3ccc4ccccc4c3nc21. The van der Waals surface area contributed by atoms with Gasteiger partial charge in [0.05, 0.1) is 22.3 Å². The largest absolute Gasteiger partial charge is 0.444 e. The van der Waals surface area contributed by atoms with Crippen molar-refractivity contribution >= 4 is 44.6 Å². The van der Waals surface area contributed by atoms with Gasteiger partial charge in [0, 0.05) is 42.6 Å². The van der Waals surface area contributed by atoms with Crippen LogP contribution in [-0.2, 0) is 4.74 Å². The van der Waals surface area contributed by atoms with Gasteiger partial charge in [-0.3, -0.25) is 4.98 Å². The maximum absolute atomic E-state index is 14.1. The standard InChI is InChI=1S/C34H38N6O3/c1-20(2)27-29(21(3)14-15-35-27)40-31-26(18-24-13-12-23-10-8-9-11-25(23)28(24)36-31)30(37-32(40)41)39-17-16-38(19-22(39)4)33(42)43-34(5,6)7/h8-15,18,20,22H,16-17,19H2,1-7H3/t22-/m0/s1. The summed E-state index contributed by atoms with van der Waals surface area (Å²) in [5, 5.41) is 3.84. The summed E-state index contributed by atoms with van der Waals surface area (Å²) in [6, 6.07) is 16.2. The molecule has 0 radical (unpaired) electrons. The molecule has 0 spiro atoms. The van der Waals surface area contributed by atoms with E-state index in [-0.39, 0.29) is 18.1 Å². The minimum absolute atomic E-state index is 0.0822. The van der Waals surface area contributed by atoms with Crippen molar-refractivity contribution in [1.29, 1.82) is 0 Å². The summed E-state index contributed by atoms with van der Waals surface area (Å²) >= 11 is 0. The number of carbonyl (C=O) groups excluding carboxylic acids is 1. The van der Waals surface area contributed by atoms with Crippen molar-refractivity contribution in [3.05, 3.63) is 76.5 Å². The highest BCUT2D eigenvalue weighted by Gasteiger charge is 2.32. The summed E-state index contributed by atoms with van der Waals surface area (Å²) in [7, 11) is 0. The molecule has 6 rings (SSSR count). The molecule has 2 aromatic carbocycles. The Morgan fingerprint density at radius 3 is 2.47 bits per heavy atom. The Bertz CT molecular complexity index is 1940. The quantitative estimate of drug-likeness (QED) is 0.182. The topological polar surface area (TPSA) is 93.5 Å². The van der Waals surface area contributed by atoms with Crippen molar-refractivity contribution in [2.75, 3.05) is 24.5 Å². The number of aromatic nitrogens is 4. The van der Waals surface area contributed by atoms with Gasteiger partial charge in [0.2, 0.25) is 0 Å². The first-order valence-corrected chi connectivity index (χ1v) is 14.9. The summed E-state index contributed by atoms with van der Waals surface area (Å²) in [4.78, 5) is 45.4. The Balaban J connectivity index is 1.58. The van der Waals surface area contributed by atoms with E-state index < -0.39 is 11.3 Å². The fourth-order valence-corrected chi connectivity index (χ4v) is 6.00. The van der Waals surface area contributed by atoms with Gasteiger partial charge in [-0.05, 0) is 63.6 Å². The number of piperazine rings is 1. The summed E-state index contributed by atoms with van der Waals surface area (Å²) < 4.78 is 7.27. The van der Waals surface area contributed by atoms with Gasteiger partial charge in [-0.25, -0.2) is 19.1 Å². The third-order valence-electron chi connectivity index (χ3n) is 8.01. The molecule has 4 heterocycles. The molecule has 0 N–H and O–H groups in total. The van der Waals surface area contributed by atoms with Crippen LogP contribution in [0, 0.1) is 6.92 Å². The molecule has 0 saturated carbocycles. The van der Waals surface area contributed by atoms with Gasteiger partial charge in [-0.1, -0.05) is 50.2 Å². The first-order chi connectivity index (χ1) is 20.4. The van der Waals surface area contributed by atoms with Crippen LogP contribution in [0.15, 0.2) is 59.5 Å². The molecule has 1 aliphatic heterocycles. The Labute approximate surface area is 251 Å². The molecule has 9 nitrogen and oxygen atoms in total. The average molecular weight is 579 g/mol. The van der Waals surface area contributed by atoms with E-state index in [9.17, 15) is 9.59 Å². The molecule has 0 unspecified atom stereocenters. The minimum atomic E-state index is -0.574. The van der Waals surface area contributed by atoms with E-state index in [1.165, 1.54) is 0 Å². The zero-order valence-corrected chi connectivity index (χ0v) is 25.9. The number of amides is 1. The van der Waals surface area contributed by atoms with Gasteiger partial charge in [0.15, 0.2) is 5.65 Å². The van der Waals surface area contributed by atoms with Crippen molar-refractivity contribution in [2.45, 2.75) is 66.0 Å². The van der Waals surface area contributed by atoms with Gasteiger partial charge >= 0.3 is 11.8 Å². The van der Waals surface area contributed by atoms with Crippen LogP contribution in [0.5, 0.6) is 0 Å². The smallest absolute Gasteiger partial charge is 0.410 e. The summed E-state index contributed by atoms with van der Waals surface area (Å²) in [6.45, 7) is 15.2. The number of hydrogen-bond acceptors (Lipinski definition) is 7. The van der Waals surface area contributed by atoms with Crippen LogP contribution in [0.2, 0.25) is 0 Å². The number of aryl methyl sites for hydroxylation is 1. The second-order valence-electron chi connectivity index (χ2n) is 12.8. The van der Waals surface area contributed by atoms with Crippen LogP contribution in [0.25, 0.3) is 38.4 Å². The molecule has 3 aromatic heterocycles. The average Bonchev–Trinajstić information content (AvgIpc) is 2.95. The molecule has 1 fully saturated rings. The number of benzene rings is 2. The fraction of sp³-hybridized carbons (Fsp3) is 0.382. The van der Waals surface area contributed by atoms with Gasteiger partial charge < -0.3 is 14.5 Å². The van der Waals surface area contributed by atoms with Gasteiger partial charge in [-0.2, -0.15) is 4.98 Å². The number of hydrogen-bond donors (Lipinski definition) is 0. The van der Waals surface area contributed by atoms with E-state index in [1.54, 1.807) is 15.7 Å². The molecule has 0 aliphatic carbocycles. The molecular formula is C34H38N6O3. The zero-order valence-electron chi connectivity index (χ0n) is 25.9. The Kier molecular flexibility index (Phi) is 7.07. The monoisotopic (exact) mass is 578 g/mol. The van der Waals surface area contributed by atoms with Crippen LogP contribution in [0.4, 0.5) is 10.6 Å². The summed E-state index contributed by atoms with van der Waals surface area (Å²) in [5.74, 6) is 0.654. The van der Waals surface area contributed by atoms with Crippen LogP contribution in [0.1, 0.15) is 58.7 Å². The molecule has 1 aliphatic rings. The third kappa shape index (κ3) is 5.17. The first kappa shape index (κ1) is 28.6. The van der Waals surface area contributed by atoms with Crippen LogP contribution < -0.4 is 10.6 Å². The summed E-state index contributed by atoms with van der Waals surface area (Å²) in [6.07, 6.45) is 1.45. The highest BCUT2D eigenvalue weighted by molar-refractivity contribution is 6.09. The molecular weight excluding hydrogens is 540 g/mol. The molecule has 0 bridgehead atoms. The van der Waals surface area contributed by atoms with Crippen molar-refractivity contribution in [2.24, 2.45) is 0 Å². The molecule has 9 heteroatoms. The van der Waals surface area contributed by atoms with Crippen molar-refractivity contribution in [3.8, 4) is 5.69 Å². The number of ether oxygens (including phenoxy) is 1. The second kappa shape index (κ2) is 10.6. The Morgan fingerprint density at radius 1 is 1.00 bits per heavy atom. The Hall–Kier alpha value is -4.53. The number of anilines is 1. The van der Waals surface area contributed by atoms with Crippen LogP contribution in [-0.4, -0.2) is 61.8 Å². The van der Waals surface area contributed by atoms with Crippen molar-refractivity contribution in [3.63, 3.8) is 0 Å². The number of rotatable bonds is 3. The van der Waals surface area contributed by atoms with Gasteiger partial charge in [0.1, 0.15) is 11.4 Å². The number of carbonyl (C=O) groups is 1. The first-order valence-electron chi connectivity index (χ1n) is 14.9. The molecule has 1 saturated heterocycles. The van der Waals surface area contributed by atoms with Crippen LogP contribution in [0.3, 0.4) is 0 Å². The summed E-state index contributed by atoms with van der Waals surface area (Å²) in [5.41, 5.74) is 2.85. The van der Waals surface area contributed by atoms with Gasteiger partial charge in [0.25, 0.3) is 0 Å². The number of fused-ring (bicyclic) bond motifs is 4. The van der Waals surface area contributed by atoms with E-state index in [0.717, 1.165) is 44.0 Å². The predicted octanol–water partition coefficient (Wildman–Crippen LogP) is 6.36. The predicted molar refractivity (Wildman–Crippen MR) is 171 cm³/mol. The maximum atomic E-state index is 14.1. The molecule has 5 aromatic rings. The fourth-order valence-electron chi connectivity index (χ4n) is 6.00. The number of nitrogens with zero attached hydrogens (tertiary/aromatic N) is 6. The lowest BCUT2D eigenvalue weighted by molar-refractivity contribution is 0.0218. The van der Waals surface area contributed by atoms with E-state index in [4.69, 9.17) is 14.7 Å². The van der Waals surface area contributed by atoms with Crippen molar-refractivity contribution in [1.82, 2.24) is 24.4 Å². The highest BCUT2D eigenvalue weighted by Crippen LogP contribution is 2.34. The lowest BCUT2D eigenvalue weighted by Crippen LogP contribution is -2.55. The second-order valence-corrected chi connectivity index (χ2v) is 12.8. The normalized spacial score (nSPS) is 16.0. The molecule has 43 heavy (non-hydrogen) atoms. The Morgan fingerprint density at radius 2 is 1.74 bits per heavy atom. The maximum Gasteiger partial charge on any atom is 0.410 e. The lowest BCUT2D eigenvalue weighted by atomic mass is 10.0. The van der Waals surface area contributed by atoms with E-state index in [1.807, 2.05) is 52.8 Å². The van der Waals surface area contributed by atoms with Crippen molar-refractivity contribution < 1.29 is 9.53 Å². The third-order valence-corrected chi connectivity index (χ3v) is 8.01. The lowest BCUT2D eigenvalue weighted by Gasteiger charge is -2.41. The highest BCUT2D eigenvalue weighted by atomic mass is 16.6. The molecule has 1 atom stereocenters. The van der Waals surface area contributed by atoms with E-state index in [2.05, 4.69) is 54.1 Å². The van der Waals surface area contributed by atoms with Gasteiger partial charge in [-0.15, -0.1) is 0 Å². The molecule has 222 valence electrons. The van der Waals surface area contributed by atoms with E-state index in [0.29, 0.717) is 31.1 Å².